The van der Waals surface area contributed by atoms with E-state index in [1.54, 1.807) is 18.2 Å². The van der Waals surface area contributed by atoms with Crippen LogP contribution in [-0.2, 0) is 11.3 Å². The summed E-state index contributed by atoms with van der Waals surface area (Å²) in [6, 6.07) is 9.52. The number of ether oxygens (including phenoxy) is 2. The van der Waals surface area contributed by atoms with E-state index < -0.39 is 11.2 Å². The van der Waals surface area contributed by atoms with Crippen molar-refractivity contribution < 1.29 is 18.7 Å². The molecule has 0 spiro atoms. The van der Waals surface area contributed by atoms with Gasteiger partial charge in [0.1, 0.15) is 23.7 Å². The van der Waals surface area contributed by atoms with E-state index in [0.29, 0.717) is 39.5 Å². The zero-order chi connectivity index (χ0) is 23.8. The summed E-state index contributed by atoms with van der Waals surface area (Å²) in [4.78, 5) is 26.0. The van der Waals surface area contributed by atoms with Gasteiger partial charge in [0.05, 0.1) is 11.1 Å². The molecule has 5 nitrogen and oxygen atoms in total. The van der Waals surface area contributed by atoms with Gasteiger partial charge in [0, 0.05) is 16.5 Å². The molecule has 0 amide bonds. The first-order valence-corrected chi connectivity index (χ1v) is 11.6. The second-order valence-corrected chi connectivity index (χ2v) is 10.2. The van der Waals surface area contributed by atoms with Gasteiger partial charge >= 0.3 is 0 Å². The minimum absolute atomic E-state index is 0.103. The van der Waals surface area contributed by atoms with Crippen LogP contribution in [0.15, 0.2) is 41.2 Å². The lowest BCUT2D eigenvalue weighted by Crippen LogP contribution is -2.33. The van der Waals surface area contributed by atoms with Crippen LogP contribution in [0.25, 0.3) is 12.2 Å². The first kappa shape index (κ1) is 23.3. The van der Waals surface area contributed by atoms with Crippen LogP contribution in [0.2, 0.25) is 5.02 Å². The fourth-order valence-corrected chi connectivity index (χ4v) is 4.51. The van der Waals surface area contributed by atoms with E-state index >= 15 is 0 Å². The predicted molar refractivity (Wildman–Crippen MR) is 128 cm³/mol. The zero-order valence-electron chi connectivity index (χ0n) is 18.5. The van der Waals surface area contributed by atoms with Gasteiger partial charge in [-0.25, -0.2) is 4.39 Å². The molecule has 0 bridgehead atoms. The average Bonchev–Trinajstić information content (AvgIpc) is 3.03. The summed E-state index contributed by atoms with van der Waals surface area (Å²) in [5, 5.41) is 0.221. The molecule has 0 saturated heterocycles. The number of hydrogen-bond acceptors (Lipinski definition) is 5. The van der Waals surface area contributed by atoms with Crippen LogP contribution in [-0.4, -0.2) is 23.6 Å². The number of ketones is 1. The Morgan fingerprint density at radius 3 is 2.58 bits per heavy atom. The van der Waals surface area contributed by atoms with Gasteiger partial charge in [-0.3, -0.25) is 14.2 Å². The van der Waals surface area contributed by atoms with Gasteiger partial charge in [0.25, 0.3) is 5.56 Å². The summed E-state index contributed by atoms with van der Waals surface area (Å²) in [6.45, 7) is 6.54. The van der Waals surface area contributed by atoms with Gasteiger partial charge in [-0.2, -0.15) is 0 Å². The van der Waals surface area contributed by atoms with Crippen molar-refractivity contribution >= 4 is 40.9 Å². The predicted octanol–water partition coefficient (Wildman–Crippen LogP) is 3.75. The number of fused-ring (bicyclic) bond motifs is 1. The van der Waals surface area contributed by atoms with Crippen LogP contribution in [0.1, 0.15) is 31.9 Å². The lowest BCUT2D eigenvalue weighted by Gasteiger charge is -2.18. The highest BCUT2D eigenvalue weighted by Crippen LogP contribution is 2.30. The van der Waals surface area contributed by atoms with Crippen molar-refractivity contribution in [3.05, 3.63) is 77.9 Å². The Labute approximate surface area is 199 Å². The molecule has 2 heterocycles. The molecule has 0 radical (unpaired) electrons. The topological polar surface area (TPSA) is 57.5 Å². The Hall–Kier alpha value is -2.90. The van der Waals surface area contributed by atoms with Crippen LogP contribution >= 0.6 is 22.9 Å². The van der Waals surface area contributed by atoms with Crippen molar-refractivity contribution in [3.63, 3.8) is 0 Å². The summed E-state index contributed by atoms with van der Waals surface area (Å²) in [6.07, 6.45) is 3.25. The highest BCUT2D eigenvalue weighted by atomic mass is 35.5. The van der Waals surface area contributed by atoms with Crippen molar-refractivity contribution in [2.45, 2.75) is 27.3 Å². The minimum Gasteiger partial charge on any atom is -0.486 e. The Morgan fingerprint density at radius 1 is 1.15 bits per heavy atom. The van der Waals surface area contributed by atoms with Crippen molar-refractivity contribution in [3.8, 4) is 11.5 Å². The van der Waals surface area contributed by atoms with E-state index in [0.717, 1.165) is 5.56 Å². The smallest absolute Gasteiger partial charge is 0.269 e. The average molecular weight is 488 g/mol. The molecule has 0 aliphatic carbocycles. The van der Waals surface area contributed by atoms with Gasteiger partial charge in [-0.05, 0) is 41.5 Å². The molecule has 2 aromatic carbocycles. The molecule has 3 aromatic rings. The number of benzene rings is 2. The molecule has 0 saturated carbocycles. The Bertz CT molecular complexity index is 1400. The Balaban J connectivity index is 1.85. The molecule has 1 aliphatic rings. The maximum Gasteiger partial charge on any atom is 0.269 e. The summed E-state index contributed by atoms with van der Waals surface area (Å²) in [7, 11) is 0. The van der Waals surface area contributed by atoms with Crippen LogP contribution < -0.4 is 24.2 Å². The van der Waals surface area contributed by atoms with Gasteiger partial charge < -0.3 is 9.47 Å². The fraction of sp³-hybridized carbons (Fsp3) is 0.280. The third-order valence-electron chi connectivity index (χ3n) is 5.14. The monoisotopic (exact) mass is 487 g/mol. The molecule has 0 unspecified atom stereocenters. The zero-order valence-corrected chi connectivity index (χ0v) is 20.1. The normalized spacial score (nSPS) is 14.6. The van der Waals surface area contributed by atoms with Crippen molar-refractivity contribution in [2.24, 2.45) is 5.41 Å². The number of carbonyl (C=O) groups is 1. The second-order valence-electron chi connectivity index (χ2n) is 8.74. The number of halogens is 2. The number of thiazole rings is 1. The van der Waals surface area contributed by atoms with Crippen LogP contribution in [0, 0.1) is 11.2 Å². The lowest BCUT2D eigenvalue weighted by molar-refractivity contribution is -0.120. The van der Waals surface area contributed by atoms with E-state index in [1.165, 1.54) is 34.1 Å². The first-order valence-electron chi connectivity index (χ1n) is 10.4. The Kier molecular flexibility index (Phi) is 6.45. The van der Waals surface area contributed by atoms with E-state index in [-0.39, 0.29) is 22.9 Å². The van der Waals surface area contributed by atoms with E-state index in [9.17, 15) is 14.0 Å². The largest absolute Gasteiger partial charge is 0.486 e. The van der Waals surface area contributed by atoms with E-state index in [2.05, 4.69) is 0 Å². The molecule has 0 N–H and O–H groups in total. The standard InChI is InChI=1S/C25H23ClFNO4S/c1-25(2,3)22(29)13-23-28(14-16-5-6-17(27)12-18(16)26)24(30)21(33-23)11-15-4-7-19-20(10-15)32-9-8-31-19/h4-7,10-13H,8-9,14H2,1-3H3. The Morgan fingerprint density at radius 2 is 1.88 bits per heavy atom. The number of hydrogen-bond donors (Lipinski definition) is 0. The molecule has 8 heteroatoms. The third kappa shape index (κ3) is 5.20. The minimum atomic E-state index is -0.599. The molecule has 4 rings (SSSR count). The van der Waals surface area contributed by atoms with Crippen LogP contribution in [0.5, 0.6) is 11.5 Å². The molecule has 0 atom stereocenters. The van der Waals surface area contributed by atoms with Gasteiger partial charge in [-0.15, -0.1) is 11.3 Å². The maximum atomic E-state index is 13.5. The molecule has 1 aliphatic heterocycles. The molecule has 172 valence electrons. The highest BCUT2D eigenvalue weighted by molar-refractivity contribution is 7.07. The number of nitrogens with zero attached hydrogens (tertiary/aromatic N) is 1. The van der Waals surface area contributed by atoms with Crippen molar-refractivity contribution in [2.75, 3.05) is 13.2 Å². The molecule has 33 heavy (non-hydrogen) atoms. The van der Waals surface area contributed by atoms with Crippen LogP contribution in [0.4, 0.5) is 4.39 Å². The van der Waals surface area contributed by atoms with Gasteiger partial charge in [0.2, 0.25) is 0 Å². The summed E-state index contributed by atoms with van der Waals surface area (Å²) in [5.74, 6) is 0.731. The summed E-state index contributed by atoms with van der Waals surface area (Å²) < 4.78 is 27.1. The summed E-state index contributed by atoms with van der Waals surface area (Å²) >= 11 is 7.42. The van der Waals surface area contributed by atoms with E-state index in [4.69, 9.17) is 21.1 Å². The molecular formula is C25H23ClFNO4S. The van der Waals surface area contributed by atoms with Crippen LogP contribution in [0.3, 0.4) is 0 Å². The van der Waals surface area contributed by atoms with E-state index in [1.807, 2.05) is 32.9 Å². The molecule has 1 aromatic heterocycles. The molecule has 0 fully saturated rings. The third-order valence-corrected chi connectivity index (χ3v) is 6.55. The van der Waals surface area contributed by atoms with Gasteiger partial charge in [-0.1, -0.05) is 44.5 Å². The number of carbonyl (C=O) groups excluding carboxylic acids is 1. The quantitative estimate of drug-likeness (QED) is 0.562. The maximum absolute atomic E-state index is 13.5. The van der Waals surface area contributed by atoms with Crippen molar-refractivity contribution in [1.82, 2.24) is 4.57 Å². The second kappa shape index (κ2) is 9.15. The fourth-order valence-electron chi connectivity index (χ4n) is 3.24. The number of aromatic nitrogens is 1. The van der Waals surface area contributed by atoms with Crippen molar-refractivity contribution in [1.29, 1.82) is 0 Å². The van der Waals surface area contributed by atoms with Gasteiger partial charge in [0.15, 0.2) is 17.3 Å². The summed E-state index contributed by atoms with van der Waals surface area (Å²) in [5.41, 5.74) is 0.501. The number of rotatable bonds is 4. The molecular weight excluding hydrogens is 465 g/mol. The SMILES string of the molecule is CC(C)(C)C(=O)C=c1sc(=Cc2ccc3c(c2)OCCO3)c(=O)n1Cc1ccc(F)cc1Cl. The first-order chi connectivity index (χ1) is 15.6. The lowest BCUT2D eigenvalue weighted by atomic mass is 9.91. The number of Topliss-reactive ketones (excluding diaryl/α,β-unsaturated/α-hetero) is 1. The highest BCUT2D eigenvalue weighted by Gasteiger charge is 2.20.